The van der Waals surface area contributed by atoms with Crippen LogP contribution in [-0.2, 0) is 13.1 Å². The van der Waals surface area contributed by atoms with Crippen molar-refractivity contribution in [3.05, 3.63) is 16.1 Å². The van der Waals surface area contributed by atoms with Gasteiger partial charge in [-0.1, -0.05) is 6.92 Å². The Morgan fingerprint density at radius 3 is 2.55 bits per heavy atom. The molecular formula is C16H27N3S. The van der Waals surface area contributed by atoms with Gasteiger partial charge in [0.2, 0.25) is 0 Å². The van der Waals surface area contributed by atoms with Crippen molar-refractivity contribution in [1.29, 1.82) is 0 Å². The molecule has 0 saturated heterocycles. The van der Waals surface area contributed by atoms with Crippen LogP contribution >= 0.6 is 11.3 Å². The average molecular weight is 293 g/mol. The minimum Gasteiger partial charge on any atom is -0.310 e. The predicted molar refractivity (Wildman–Crippen MR) is 84.8 cm³/mol. The number of thiazole rings is 1. The highest BCUT2D eigenvalue weighted by molar-refractivity contribution is 7.09. The SMILES string of the molecule is CCCNCc1nc(CN(CC2CC2)CC2CC2)cs1. The summed E-state index contributed by atoms with van der Waals surface area (Å²) in [7, 11) is 0. The summed E-state index contributed by atoms with van der Waals surface area (Å²) >= 11 is 1.81. The maximum atomic E-state index is 4.79. The second-order valence-electron chi connectivity index (χ2n) is 6.49. The van der Waals surface area contributed by atoms with Crippen LogP contribution in [-0.4, -0.2) is 29.5 Å². The molecule has 20 heavy (non-hydrogen) atoms. The van der Waals surface area contributed by atoms with E-state index in [9.17, 15) is 0 Å². The largest absolute Gasteiger partial charge is 0.310 e. The Bertz CT molecular complexity index is 396. The summed E-state index contributed by atoms with van der Waals surface area (Å²) < 4.78 is 0. The van der Waals surface area contributed by atoms with E-state index in [1.165, 1.54) is 55.9 Å². The molecule has 0 unspecified atom stereocenters. The van der Waals surface area contributed by atoms with E-state index in [1.807, 2.05) is 11.3 Å². The van der Waals surface area contributed by atoms with Gasteiger partial charge in [-0.3, -0.25) is 4.90 Å². The molecule has 2 aliphatic carbocycles. The Hall–Kier alpha value is -0.450. The molecule has 0 bridgehead atoms. The molecular weight excluding hydrogens is 266 g/mol. The van der Waals surface area contributed by atoms with E-state index in [2.05, 4.69) is 22.5 Å². The van der Waals surface area contributed by atoms with Gasteiger partial charge in [0.15, 0.2) is 0 Å². The quantitative estimate of drug-likeness (QED) is 0.671. The van der Waals surface area contributed by atoms with Crippen LogP contribution in [0.3, 0.4) is 0 Å². The van der Waals surface area contributed by atoms with Crippen molar-refractivity contribution in [2.45, 2.75) is 52.1 Å². The zero-order chi connectivity index (χ0) is 13.8. The summed E-state index contributed by atoms with van der Waals surface area (Å²) in [6.45, 7) is 7.90. The van der Waals surface area contributed by atoms with Crippen LogP contribution in [0.15, 0.2) is 5.38 Å². The molecule has 2 fully saturated rings. The van der Waals surface area contributed by atoms with Crippen LogP contribution in [0.25, 0.3) is 0 Å². The highest BCUT2D eigenvalue weighted by Gasteiger charge is 2.29. The summed E-state index contributed by atoms with van der Waals surface area (Å²) in [6.07, 6.45) is 6.98. The molecule has 3 nitrogen and oxygen atoms in total. The molecule has 0 atom stereocenters. The van der Waals surface area contributed by atoms with E-state index >= 15 is 0 Å². The van der Waals surface area contributed by atoms with Crippen LogP contribution in [0.4, 0.5) is 0 Å². The molecule has 0 aliphatic heterocycles. The predicted octanol–water partition coefficient (Wildman–Crippen LogP) is 3.26. The van der Waals surface area contributed by atoms with Crippen LogP contribution in [0.1, 0.15) is 49.7 Å². The van der Waals surface area contributed by atoms with Crippen molar-refractivity contribution in [3.63, 3.8) is 0 Å². The molecule has 2 aliphatic rings. The summed E-state index contributed by atoms with van der Waals surface area (Å²) in [5, 5.41) is 6.94. The van der Waals surface area contributed by atoms with Gasteiger partial charge in [-0.25, -0.2) is 4.98 Å². The van der Waals surface area contributed by atoms with Gasteiger partial charge in [0.1, 0.15) is 5.01 Å². The minimum atomic E-state index is 0.934. The standard InChI is InChI=1S/C16H27N3S/c1-2-7-17-8-16-18-15(12-20-16)11-19(9-13-3-4-13)10-14-5-6-14/h12-14,17H,2-11H2,1H3. The average Bonchev–Trinajstić information content (AvgIpc) is 3.34. The molecule has 4 heteroatoms. The Labute approximate surface area is 126 Å². The highest BCUT2D eigenvalue weighted by atomic mass is 32.1. The van der Waals surface area contributed by atoms with Gasteiger partial charge in [-0.05, 0) is 50.5 Å². The van der Waals surface area contributed by atoms with Gasteiger partial charge >= 0.3 is 0 Å². The molecule has 1 N–H and O–H groups in total. The first-order chi connectivity index (χ1) is 9.83. The molecule has 2 saturated carbocycles. The third kappa shape index (κ3) is 4.83. The molecule has 1 heterocycles. The normalized spacial score (nSPS) is 18.9. The Balaban J connectivity index is 1.48. The van der Waals surface area contributed by atoms with Crippen LogP contribution in [0, 0.1) is 11.8 Å². The van der Waals surface area contributed by atoms with E-state index in [0.29, 0.717) is 0 Å². The number of nitrogens with zero attached hydrogens (tertiary/aromatic N) is 2. The molecule has 0 spiro atoms. The minimum absolute atomic E-state index is 0.934. The van der Waals surface area contributed by atoms with Crippen molar-refractivity contribution in [2.75, 3.05) is 19.6 Å². The van der Waals surface area contributed by atoms with Crippen molar-refractivity contribution in [1.82, 2.24) is 15.2 Å². The third-order valence-corrected chi connectivity index (χ3v) is 5.01. The van der Waals surface area contributed by atoms with Crippen molar-refractivity contribution in [3.8, 4) is 0 Å². The first-order valence-electron chi connectivity index (χ1n) is 8.20. The first-order valence-corrected chi connectivity index (χ1v) is 9.07. The first kappa shape index (κ1) is 14.5. The fourth-order valence-corrected chi connectivity index (χ4v) is 3.39. The zero-order valence-corrected chi connectivity index (χ0v) is 13.4. The fourth-order valence-electron chi connectivity index (χ4n) is 2.64. The molecule has 0 radical (unpaired) electrons. The van der Waals surface area contributed by atoms with Crippen molar-refractivity contribution in [2.24, 2.45) is 11.8 Å². The smallest absolute Gasteiger partial charge is 0.107 e. The maximum absolute atomic E-state index is 4.79. The lowest BCUT2D eigenvalue weighted by Crippen LogP contribution is -2.28. The number of nitrogens with one attached hydrogen (secondary N) is 1. The highest BCUT2D eigenvalue weighted by Crippen LogP contribution is 2.34. The van der Waals surface area contributed by atoms with E-state index in [0.717, 1.165) is 31.5 Å². The van der Waals surface area contributed by atoms with Gasteiger partial charge in [0.05, 0.1) is 5.69 Å². The van der Waals surface area contributed by atoms with E-state index < -0.39 is 0 Å². The van der Waals surface area contributed by atoms with Gasteiger partial charge in [0, 0.05) is 31.6 Å². The van der Waals surface area contributed by atoms with Crippen molar-refractivity contribution >= 4 is 11.3 Å². The second kappa shape index (κ2) is 7.01. The monoisotopic (exact) mass is 293 g/mol. The summed E-state index contributed by atoms with van der Waals surface area (Å²) in [5.74, 6) is 1.97. The topological polar surface area (TPSA) is 28.2 Å². The number of rotatable bonds is 10. The summed E-state index contributed by atoms with van der Waals surface area (Å²) in [6, 6.07) is 0. The molecule has 1 aromatic heterocycles. The number of hydrogen-bond acceptors (Lipinski definition) is 4. The second-order valence-corrected chi connectivity index (χ2v) is 7.43. The molecule has 0 amide bonds. The van der Waals surface area contributed by atoms with E-state index in [1.54, 1.807) is 0 Å². The summed E-state index contributed by atoms with van der Waals surface area (Å²) in [5.41, 5.74) is 1.28. The Kier molecular flexibility index (Phi) is 5.08. The van der Waals surface area contributed by atoms with E-state index in [-0.39, 0.29) is 0 Å². The lowest BCUT2D eigenvalue weighted by Gasteiger charge is -2.20. The fraction of sp³-hybridized carbons (Fsp3) is 0.812. The summed E-state index contributed by atoms with van der Waals surface area (Å²) in [4.78, 5) is 7.45. The Morgan fingerprint density at radius 1 is 1.25 bits per heavy atom. The molecule has 0 aromatic carbocycles. The van der Waals surface area contributed by atoms with Crippen LogP contribution < -0.4 is 5.32 Å². The molecule has 1 aromatic rings. The van der Waals surface area contributed by atoms with Gasteiger partial charge in [0.25, 0.3) is 0 Å². The van der Waals surface area contributed by atoms with Crippen LogP contribution in [0.2, 0.25) is 0 Å². The van der Waals surface area contributed by atoms with Gasteiger partial charge < -0.3 is 5.32 Å². The van der Waals surface area contributed by atoms with Gasteiger partial charge in [-0.15, -0.1) is 11.3 Å². The molecule has 112 valence electrons. The van der Waals surface area contributed by atoms with Crippen molar-refractivity contribution < 1.29 is 0 Å². The molecule has 3 rings (SSSR count). The van der Waals surface area contributed by atoms with Crippen LogP contribution in [0.5, 0.6) is 0 Å². The Morgan fingerprint density at radius 2 is 1.95 bits per heavy atom. The lowest BCUT2D eigenvalue weighted by molar-refractivity contribution is 0.242. The van der Waals surface area contributed by atoms with E-state index in [4.69, 9.17) is 4.98 Å². The lowest BCUT2D eigenvalue weighted by atomic mass is 10.3. The number of hydrogen-bond donors (Lipinski definition) is 1. The van der Waals surface area contributed by atoms with Gasteiger partial charge in [-0.2, -0.15) is 0 Å². The zero-order valence-electron chi connectivity index (χ0n) is 12.6. The number of aromatic nitrogens is 1. The maximum Gasteiger partial charge on any atom is 0.107 e. The third-order valence-electron chi connectivity index (χ3n) is 4.11.